The molecule has 5 aromatic rings. The van der Waals surface area contributed by atoms with E-state index < -0.39 is 0 Å². The van der Waals surface area contributed by atoms with Crippen molar-refractivity contribution >= 4 is 79.9 Å². The molecule has 226 valence electrons. The monoisotopic (exact) mass is 661 g/mol. The van der Waals surface area contributed by atoms with Gasteiger partial charge in [-0.2, -0.15) is 0 Å². The molecule has 0 bridgehead atoms. The summed E-state index contributed by atoms with van der Waals surface area (Å²) in [5.74, 6) is 0.417. The summed E-state index contributed by atoms with van der Waals surface area (Å²) in [7, 11) is 0. The molecule has 6 rings (SSSR count). The summed E-state index contributed by atoms with van der Waals surface area (Å²) < 4.78 is 2.26. The summed E-state index contributed by atoms with van der Waals surface area (Å²) in [5, 5.41) is 6.81. The van der Waals surface area contributed by atoms with Crippen molar-refractivity contribution in [3.8, 4) is 0 Å². The molecule has 2 heterocycles. The van der Waals surface area contributed by atoms with Crippen molar-refractivity contribution in [2.24, 2.45) is 16.3 Å². The standard InChI is InChI=1S/C36H34Cl3N3OS/c1-21-29(27-7-5-6-8-31(27)42(21)20-22-9-11-25(38)18-30(22)39)19-40-35-33(34(43)41-26-14-12-24(37)13-15-26)28-16-10-23(36(2,3)4)17-32(28)44-35/h5-9,11-15,18-19,23H,10,16-17,20H2,1-4H3,(H,41,43)/t23-/m1/s1. The largest absolute Gasteiger partial charge is 0.340 e. The van der Waals surface area contributed by atoms with E-state index in [1.54, 1.807) is 29.5 Å². The predicted octanol–water partition coefficient (Wildman–Crippen LogP) is 11.2. The van der Waals surface area contributed by atoms with E-state index in [2.05, 4.69) is 49.7 Å². The molecule has 0 radical (unpaired) electrons. The van der Waals surface area contributed by atoms with Crippen LogP contribution in [-0.4, -0.2) is 16.7 Å². The summed E-state index contributed by atoms with van der Waals surface area (Å²) in [6.07, 6.45) is 4.81. The van der Waals surface area contributed by atoms with Gasteiger partial charge in [0, 0.05) is 60.6 Å². The predicted molar refractivity (Wildman–Crippen MR) is 188 cm³/mol. The number of hydrogen-bond acceptors (Lipinski definition) is 3. The minimum atomic E-state index is -0.136. The van der Waals surface area contributed by atoms with Gasteiger partial charge in [0.05, 0.1) is 5.56 Å². The first-order chi connectivity index (χ1) is 21.0. The van der Waals surface area contributed by atoms with Gasteiger partial charge in [0.1, 0.15) is 5.00 Å². The van der Waals surface area contributed by atoms with Crippen molar-refractivity contribution in [1.29, 1.82) is 0 Å². The maximum Gasteiger partial charge on any atom is 0.259 e. The van der Waals surface area contributed by atoms with Gasteiger partial charge in [0.25, 0.3) is 5.91 Å². The number of anilines is 1. The third-order valence-corrected chi connectivity index (χ3v) is 10.7. The number of para-hydroxylation sites is 1. The third kappa shape index (κ3) is 6.21. The quantitative estimate of drug-likeness (QED) is 0.181. The van der Waals surface area contributed by atoms with Gasteiger partial charge in [-0.3, -0.25) is 4.79 Å². The molecule has 1 aliphatic rings. The van der Waals surface area contributed by atoms with E-state index in [0.29, 0.717) is 38.8 Å². The van der Waals surface area contributed by atoms with Crippen LogP contribution in [0.4, 0.5) is 10.7 Å². The number of amides is 1. The maximum absolute atomic E-state index is 13.8. The Bertz CT molecular complexity index is 1900. The van der Waals surface area contributed by atoms with Gasteiger partial charge in [-0.15, -0.1) is 11.3 Å². The maximum atomic E-state index is 13.8. The highest BCUT2D eigenvalue weighted by Crippen LogP contribution is 2.45. The number of carbonyl (C=O) groups excluding carboxylic acids is 1. The van der Waals surface area contributed by atoms with Gasteiger partial charge >= 0.3 is 0 Å². The molecular weight excluding hydrogens is 629 g/mol. The molecule has 8 heteroatoms. The smallest absolute Gasteiger partial charge is 0.259 e. The molecule has 0 spiro atoms. The lowest BCUT2D eigenvalue weighted by atomic mass is 9.72. The zero-order valence-corrected chi connectivity index (χ0v) is 28.3. The van der Waals surface area contributed by atoms with E-state index in [4.69, 9.17) is 39.8 Å². The van der Waals surface area contributed by atoms with Gasteiger partial charge in [-0.25, -0.2) is 4.99 Å². The highest BCUT2D eigenvalue weighted by molar-refractivity contribution is 7.16. The Morgan fingerprint density at radius 3 is 2.50 bits per heavy atom. The van der Waals surface area contributed by atoms with Crippen LogP contribution in [0.25, 0.3) is 10.9 Å². The number of aliphatic imine (C=N–C) groups is 1. The van der Waals surface area contributed by atoms with Crippen LogP contribution >= 0.6 is 46.1 Å². The molecule has 44 heavy (non-hydrogen) atoms. The molecule has 0 saturated carbocycles. The molecule has 0 saturated heterocycles. The summed E-state index contributed by atoms with van der Waals surface area (Å²) in [6, 6.07) is 21.1. The Hall–Kier alpha value is -3.09. The minimum absolute atomic E-state index is 0.136. The average molecular weight is 663 g/mol. The second-order valence-electron chi connectivity index (χ2n) is 12.5. The van der Waals surface area contributed by atoms with Gasteiger partial charge in [-0.1, -0.05) is 79.8 Å². The zero-order chi connectivity index (χ0) is 31.2. The van der Waals surface area contributed by atoms with Crippen LogP contribution in [0.2, 0.25) is 15.1 Å². The highest BCUT2D eigenvalue weighted by Gasteiger charge is 2.33. The summed E-state index contributed by atoms with van der Waals surface area (Å²) >= 11 is 20.5. The van der Waals surface area contributed by atoms with Crippen LogP contribution < -0.4 is 5.32 Å². The molecule has 0 aliphatic heterocycles. The van der Waals surface area contributed by atoms with Crippen molar-refractivity contribution in [1.82, 2.24) is 4.57 Å². The summed E-state index contributed by atoms with van der Waals surface area (Å²) in [4.78, 5) is 20.2. The van der Waals surface area contributed by atoms with Gasteiger partial charge in [0.2, 0.25) is 0 Å². The van der Waals surface area contributed by atoms with Gasteiger partial charge in [0.15, 0.2) is 0 Å². The Kier molecular flexibility index (Phi) is 8.69. The topological polar surface area (TPSA) is 46.4 Å². The summed E-state index contributed by atoms with van der Waals surface area (Å²) in [6.45, 7) is 9.62. The van der Waals surface area contributed by atoms with Crippen molar-refractivity contribution in [2.45, 2.75) is 53.5 Å². The van der Waals surface area contributed by atoms with E-state index >= 15 is 0 Å². The number of thiophene rings is 1. The number of nitrogens with zero attached hydrogens (tertiary/aromatic N) is 2. The summed E-state index contributed by atoms with van der Waals surface area (Å²) in [5.41, 5.74) is 6.89. The lowest BCUT2D eigenvalue weighted by Gasteiger charge is -2.33. The van der Waals surface area contributed by atoms with Gasteiger partial charge < -0.3 is 9.88 Å². The Morgan fingerprint density at radius 2 is 1.77 bits per heavy atom. The molecule has 0 fully saturated rings. The molecule has 3 aromatic carbocycles. The van der Waals surface area contributed by atoms with Crippen LogP contribution in [0.1, 0.15) is 64.8 Å². The number of rotatable bonds is 6. The molecule has 4 nitrogen and oxygen atoms in total. The number of halogens is 3. The molecular formula is C36H34Cl3N3OS. The lowest BCUT2D eigenvalue weighted by molar-refractivity contribution is 0.102. The van der Waals surface area contributed by atoms with Crippen molar-refractivity contribution < 1.29 is 4.79 Å². The van der Waals surface area contributed by atoms with Crippen LogP contribution in [0, 0.1) is 18.3 Å². The normalized spacial score (nSPS) is 15.2. The van der Waals surface area contributed by atoms with Crippen LogP contribution in [-0.2, 0) is 19.4 Å². The van der Waals surface area contributed by atoms with Crippen LogP contribution in [0.5, 0.6) is 0 Å². The number of aromatic nitrogens is 1. The molecule has 1 amide bonds. The highest BCUT2D eigenvalue weighted by atomic mass is 35.5. The van der Waals surface area contributed by atoms with Crippen LogP contribution in [0.15, 0.2) is 71.7 Å². The Labute approximate surface area is 277 Å². The fourth-order valence-electron chi connectivity index (χ4n) is 6.13. The molecule has 2 aromatic heterocycles. The second kappa shape index (κ2) is 12.4. The molecule has 0 unspecified atom stereocenters. The Morgan fingerprint density at radius 1 is 1.05 bits per heavy atom. The van der Waals surface area contributed by atoms with E-state index in [9.17, 15) is 4.79 Å². The minimum Gasteiger partial charge on any atom is -0.340 e. The number of nitrogens with one attached hydrogen (secondary N) is 1. The molecule has 1 atom stereocenters. The van der Waals surface area contributed by atoms with E-state index in [1.165, 1.54) is 4.88 Å². The number of hydrogen-bond donors (Lipinski definition) is 1. The van der Waals surface area contributed by atoms with Crippen molar-refractivity contribution in [2.75, 3.05) is 5.32 Å². The Balaban J connectivity index is 1.41. The number of carbonyl (C=O) groups is 1. The van der Waals surface area contributed by atoms with Gasteiger partial charge in [-0.05, 0) is 91.1 Å². The third-order valence-electron chi connectivity index (χ3n) is 8.73. The average Bonchev–Trinajstić information content (AvgIpc) is 3.48. The molecule has 1 N–H and O–H groups in total. The van der Waals surface area contributed by atoms with Crippen molar-refractivity contribution in [3.63, 3.8) is 0 Å². The first-order valence-electron chi connectivity index (χ1n) is 14.8. The van der Waals surface area contributed by atoms with Crippen molar-refractivity contribution in [3.05, 3.63) is 115 Å². The van der Waals surface area contributed by atoms with Crippen LogP contribution in [0.3, 0.4) is 0 Å². The number of fused-ring (bicyclic) bond motifs is 2. The zero-order valence-electron chi connectivity index (χ0n) is 25.2. The fraction of sp³-hybridized carbons (Fsp3) is 0.278. The van der Waals surface area contributed by atoms with E-state index in [-0.39, 0.29) is 11.3 Å². The number of benzene rings is 3. The second-order valence-corrected chi connectivity index (χ2v) is 14.9. The molecule has 1 aliphatic carbocycles. The lowest BCUT2D eigenvalue weighted by Crippen LogP contribution is -2.27. The van der Waals surface area contributed by atoms with E-state index in [0.717, 1.165) is 57.6 Å². The first-order valence-corrected chi connectivity index (χ1v) is 16.7. The van der Waals surface area contributed by atoms with E-state index in [1.807, 2.05) is 42.6 Å². The SMILES string of the molecule is Cc1c(C=Nc2sc3c(c2C(=O)Nc2ccc(Cl)cc2)CC[C@@H](C(C)(C)C)C3)c2ccccc2n1Cc1ccc(Cl)cc1Cl. The fourth-order valence-corrected chi connectivity index (χ4v) is 7.99. The first kappa shape index (κ1) is 30.9.